The number of carbonyl (C=O) groups is 3. The molecule has 0 fully saturated rings. The topological polar surface area (TPSA) is 78.9 Å². The highest BCUT2D eigenvalue weighted by atomic mass is 16.5. The molecule has 0 amide bonds. The maximum atomic E-state index is 13.1. The Morgan fingerprint density at radius 1 is 1.00 bits per heavy atom. The van der Waals surface area contributed by atoms with E-state index in [1.54, 1.807) is 19.9 Å². The van der Waals surface area contributed by atoms with E-state index < -0.39 is 23.3 Å². The Kier molecular flexibility index (Phi) is 6.91. The van der Waals surface area contributed by atoms with Gasteiger partial charge in [0.1, 0.15) is 11.2 Å². The second-order valence-corrected chi connectivity index (χ2v) is 8.43. The van der Waals surface area contributed by atoms with Crippen LogP contribution in [-0.4, -0.2) is 31.1 Å². The van der Waals surface area contributed by atoms with Gasteiger partial charge in [0.05, 0.1) is 13.2 Å². The Hall–Kier alpha value is -2.89. The SMILES string of the molecule is C=C(CC1(CC(=C)C(=O)OCC)C(=O)Oc2ccc(C(C)(C)C)cc21)C(=O)OCC. The van der Waals surface area contributed by atoms with E-state index in [2.05, 4.69) is 33.9 Å². The van der Waals surface area contributed by atoms with Crippen LogP contribution in [-0.2, 0) is 34.7 Å². The highest BCUT2D eigenvalue weighted by molar-refractivity contribution is 5.97. The quantitative estimate of drug-likeness (QED) is 0.361. The molecule has 0 aromatic heterocycles. The van der Waals surface area contributed by atoms with E-state index in [0.717, 1.165) is 5.56 Å². The highest BCUT2D eigenvalue weighted by Crippen LogP contribution is 2.48. The molecule has 30 heavy (non-hydrogen) atoms. The number of hydrogen-bond donors (Lipinski definition) is 0. The van der Waals surface area contributed by atoms with E-state index in [1.165, 1.54) is 0 Å². The monoisotopic (exact) mass is 414 g/mol. The molecular weight excluding hydrogens is 384 g/mol. The van der Waals surface area contributed by atoms with Gasteiger partial charge in [-0.2, -0.15) is 0 Å². The molecular formula is C24H30O6. The number of ether oxygens (including phenoxy) is 3. The molecule has 6 heteroatoms. The fourth-order valence-corrected chi connectivity index (χ4v) is 3.50. The lowest BCUT2D eigenvalue weighted by Crippen LogP contribution is -2.37. The molecule has 0 unspecified atom stereocenters. The van der Waals surface area contributed by atoms with Gasteiger partial charge in [-0.3, -0.25) is 4.79 Å². The average molecular weight is 414 g/mol. The zero-order valence-corrected chi connectivity index (χ0v) is 18.4. The van der Waals surface area contributed by atoms with Crippen LogP contribution in [0.15, 0.2) is 42.5 Å². The molecule has 0 saturated carbocycles. The van der Waals surface area contributed by atoms with Gasteiger partial charge >= 0.3 is 17.9 Å². The van der Waals surface area contributed by atoms with Crippen LogP contribution in [0.5, 0.6) is 5.75 Å². The second-order valence-electron chi connectivity index (χ2n) is 8.43. The first-order chi connectivity index (χ1) is 14.0. The van der Waals surface area contributed by atoms with E-state index in [-0.39, 0.29) is 42.6 Å². The molecule has 6 nitrogen and oxygen atoms in total. The number of hydrogen-bond acceptors (Lipinski definition) is 6. The number of esters is 3. The number of carbonyl (C=O) groups excluding carboxylic acids is 3. The summed E-state index contributed by atoms with van der Waals surface area (Å²) in [6.45, 7) is 17.6. The minimum absolute atomic E-state index is 0.0519. The summed E-state index contributed by atoms with van der Waals surface area (Å²) in [6.07, 6.45) is -0.104. The van der Waals surface area contributed by atoms with Crippen LogP contribution < -0.4 is 4.74 Å². The van der Waals surface area contributed by atoms with E-state index in [4.69, 9.17) is 14.2 Å². The van der Waals surface area contributed by atoms with Gasteiger partial charge < -0.3 is 14.2 Å². The van der Waals surface area contributed by atoms with Crippen molar-refractivity contribution in [1.82, 2.24) is 0 Å². The molecule has 1 aliphatic rings. The van der Waals surface area contributed by atoms with E-state index in [0.29, 0.717) is 11.3 Å². The van der Waals surface area contributed by atoms with Gasteiger partial charge in [-0.05, 0) is 43.7 Å². The molecule has 0 spiro atoms. The lowest BCUT2D eigenvalue weighted by molar-refractivity contribution is -0.140. The first-order valence-corrected chi connectivity index (χ1v) is 10.0. The van der Waals surface area contributed by atoms with Gasteiger partial charge in [0, 0.05) is 16.7 Å². The van der Waals surface area contributed by atoms with Crippen LogP contribution >= 0.6 is 0 Å². The second kappa shape index (κ2) is 8.86. The molecule has 0 aliphatic carbocycles. The zero-order valence-electron chi connectivity index (χ0n) is 18.4. The van der Waals surface area contributed by atoms with Crippen molar-refractivity contribution in [3.05, 3.63) is 53.6 Å². The summed E-state index contributed by atoms with van der Waals surface area (Å²) in [4.78, 5) is 37.6. The predicted octanol–water partition coefficient (Wildman–Crippen LogP) is 4.16. The molecule has 0 bridgehead atoms. The maximum absolute atomic E-state index is 13.1. The summed E-state index contributed by atoms with van der Waals surface area (Å²) in [6, 6.07) is 5.55. The normalized spacial score (nSPS) is 14.5. The first kappa shape index (κ1) is 23.4. The van der Waals surface area contributed by atoms with Crippen LogP contribution in [0.25, 0.3) is 0 Å². The van der Waals surface area contributed by atoms with Crippen LogP contribution in [0.2, 0.25) is 0 Å². The molecule has 0 radical (unpaired) electrons. The third kappa shape index (κ3) is 4.64. The van der Waals surface area contributed by atoms with Crippen LogP contribution in [0.1, 0.15) is 58.6 Å². The molecule has 2 rings (SSSR count). The Bertz CT molecular complexity index is 855. The van der Waals surface area contributed by atoms with E-state index in [1.807, 2.05) is 12.1 Å². The van der Waals surface area contributed by atoms with Crippen molar-refractivity contribution >= 4 is 17.9 Å². The van der Waals surface area contributed by atoms with Gasteiger partial charge in [0.15, 0.2) is 0 Å². The number of fused-ring (bicyclic) bond motifs is 1. The fraction of sp³-hybridized carbons (Fsp3) is 0.458. The summed E-state index contributed by atoms with van der Waals surface area (Å²) in [7, 11) is 0. The highest BCUT2D eigenvalue weighted by Gasteiger charge is 2.51. The van der Waals surface area contributed by atoms with Gasteiger partial charge in [0.25, 0.3) is 0 Å². The van der Waals surface area contributed by atoms with Crippen LogP contribution in [0.3, 0.4) is 0 Å². The fourth-order valence-electron chi connectivity index (χ4n) is 3.50. The van der Waals surface area contributed by atoms with E-state index in [9.17, 15) is 14.4 Å². The largest absolute Gasteiger partial charge is 0.463 e. The maximum Gasteiger partial charge on any atom is 0.333 e. The molecule has 0 N–H and O–H groups in total. The molecule has 0 saturated heterocycles. The van der Waals surface area contributed by atoms with Crippen molar-refractivity contribution in [1.29, 1.82) is 0 Å². The predicted molar refractivity (Wildman–Crippen MR) is 113 cm³/mol. The van der Waals surface area contributed by atoms with Gasteiger partial charge in [0.2, 0.25) is 0 Å². The van der Waals surface area contributed by atoms with Crippen LogP contribution in [0.4, 0.5) is 0 Å². The van der Waals surface area contributed by atoms with Gasteiger partial charge in [-0.15, -0.1) is 0 Å². The minimum Gasteiger partial charge on any atom is -0.463 e. The molecule has 1 aromatic rings. The van der Waals surface area contributed by atoms with Crippen molar-refractivity contribution in [2.45, 2.75) is 58.3 Å². The standard InChI is InChI=1S/C24H30O6/c1-8-28-20(25)15(3)13-24(14-16(4)21(26)29-9-2)18-12-17(23(5,6)7)10-11-19(18)30-22(24)27/h10-12H,3-4,8-9,13-14H2,1-2,5-7H3. The Morgan fingerprint density at radius 3 is 1.93 bits per heavy atom. The third-order valence-corrected chi connectivity index (χ3v) is 5.11. The molecule has 0 atom stereocenters. The van der Waals surface area contributed by atoms with Gasteiger partial charge in [-0.1, -0.05) is 46.1 Å². The van der Waals surface area contributed by atoms with E-state index >= 15 is 0 Å². The zero-order chi connectivity index (χ0) is 22.7. The smallest absolute Gasteiger partial charge is 0.333 e. The summed E-state index contributed by atoms with van der Waals surface area (Å²) < 4.78 is 15.6. The molecule has 1 aliphatic heterocycles. The van der Waals surface area contributed by atoms with Crippen molar-refractivity contribution < 1.29 is 28.6 Å². The number of benzene rings is 1. The van der Waals surface area contributed by atoms with Crippen LogP contribution in [0, 0.1) is 0 Å². The summed E-state index contributed by atoms with van der Waals surface area (Å²) in [5.74, 6) is -1.33. The molecule has 1 aromatic carbocycles. The summed E-state index contributed by atoms with van der Waals surface area (Å²) in [5, 5.41) is 0. The summed E-state index contributed by atoms with van der Waals surface area (Å²) >= 11 is 0. The van der Waals surface area contributed by atoms with Crippen molar-refractivity contribution in [2.24, 2.45) is 0 Å². The lowest BCUT2D eigenvalue weighted by atomic mass is 9.71. The van der Waals surface area contributed by atoms with Gasteiger partial charge in [-0.25, -0.2) is 9.59 Å². The Balaban J connectivity index is 2.58. The molecule has 162 valence electrons. The van der Waals surface area contributed by atoms with Crippen molar-refractivity contribution in [3.63, 3.8) is 0 Å². The average Bonchev–Trinajstić information content (AvgIpc) is 2.92. The Morgan fingerprint density at radius 2 is 1.50 bits per heavy atom. The van der Waals surface area contributed by atoms with Crippen molar-refractivity contribution in [3.8, 4) is 5.75 Å². The minimum atomic E-state index is -1.32. The first-order valence-electron chi connectivity index (χ1n) is 10.0. The summed E-state index contributed by atoms with van der Waals surface area (Å²) in [5.41, 5.74) is 0.356. The lowest BCUT2D eigenvalue weighted by Gasteiger charge is -2.28. The van der Waals surface area contributed by atoms with Crippen molar-refractivity contribution in [2.75, 3.05) is 13.2 Å². The number of rotatable bonds is 8. The third-order valence-electron chi connectivity index (χ3n) is 5.11. The molecule has 1 heterocycles. The Labute approximate surface area is 177 Å².